The van der Waals surface area contributed by atoms with Crippen LogP contribution in [0.15, 0.2) is 24.4 Å². The molecule has 0 spiro atoms. The number of fused-ring (bicyclic) bond motifs is 1. The molecule has 0 fully saturated rings. The summed E-state index contributed by atoms with van der Waals surface area (Å²) in [6.07, 6.45) is 3.53. The second kappa shape index (κ2) is 4.67. The van der Waals surface area contributed by atoms with Crippen LogP contribution in [0, 0.1) is 6.92 Å². The second-order valence-electron chi connectivity index (χ2n) is 5.26. The molecular formula is C15H18N4O. The van der Waals surface area contributed by atoms with Gasteiger partial charge in [-0.15, -0.1) is 0 Å². The van der Waals surface area contributed by atoms with Gasteiger partial charge >= 0.3 is 0 Å². The van der Waals surface area contributed by atoms with Gasteiger partial charge in [0, 0.05) is 19.3 Å². The molecule has 1 aromatic carbocycles. The summed E-state index contributed by atoms with van der Waals surface area (Å²) in [5.74, 6) is 0.342. The maximum absolute atomic E-state index is 12.7. The summed E-state index contributed by atoms with van der Waals surface area (Å²) in [5.41, 5.74) is 9.83. The van der Waals surface area contributed by atoms with Crippen LogP contribution in [0.5, 0.6) is 0 Å². The molecule has 3 rings (SSSR count). The van der Waals surface area contributed by atoms with Crippen LogP contribution in [0.2, 0.25) is 0 Å². The van der Waals surface area contributed by atoms with Crippen molar-refractivity contribution in [2.24, 2.45) is 7.05 Å². The van der Waals surface area contributed by atoms with Crippen LogP contribution in [0.4, 0.5) is 11.5 Å². The Kier molecular flexibility index (Phi) is 2.97. The molecular weight excluding hydrogens is 252 g/mol. The highest BCUT2D eigenvalue weighted by molar-refractivity contribution is 6.09. The number of aryl methyl sites for hydroxylation is 3. The maximum Gasteiger partial charge on any atom is 0.263 e. The van der Waals surface area contributed by atoms with E-state index in [0.29, 0.717) is 11.4 Å². The third-order valence-electron chi connectivity index (χ3n) is 3.81. The van der Waals surface area contributed by atoms with E-state index in [1.807, 2.05) is 17.0 Å². The minimum atomic E-state index is -0.0691. The average Bonchev–Trinajstić information content (AvgIpc) is 2.77. The highest BCUT2D eigenvalue weighted by Gasteiger charge is 2.26. The zero-order valence-corrected chi connectivity index (χ0v) is 11.8. The fourth-order valence-electron chi connectivity index (χ4n) is 2.69. The Labute approximate surface area is 118 Å². The number of nitrogens with zero attached hydrogens (tertiary/aromatic N) is 3. The van der Waals surface area contributed by atoms with Crippen LogP contribution in [-0.2, 0) is 13.5 Å². The van der Waals surface area contributed by atoms with E-state index < -0.39 is 0 Å². The Hall–Kier alpha value is -2.30. The van der Waals surface area contributed by atoms with Gasteiger partial charge in [0.05, 0.1) is 6.20 Å². The summed E-state index contributed by atoms with van der Waals surface area (Å²) in [4.78, 5) is 14.5. The monoisotopic (exact) mass is 270 g/mol. The predicted octanol–water partition coefficient (Wildman–Crippen LogP) is 1.90. The number of hydrogen-bond donors (Lipinski definition) is 1. The number of aromatic nitrogens is 2. The number of carbonyl (C=O) groups is 1. The number of rotatable bonds is 1. The van der Waals surface area contributed by atoms with Gasteiger partial charge in [0.2, 0.25) is 0 Å². The van der Waals surface area contributed by atoms with E-state index in [-0.39, 0.29) is 5.91 Å². The molecule has 1 amide bonds. The molecule has 0 unspecified atom stereocenters. The fraction of sp³-hybridized carbons (Fsp3) is 0.333. The molecule has 2 heterocycles. The second-order valence-corrected chi connectivity index (χ2v) is 5.26. The number of carbonyl (C=O) groups excluding carboxylic acids is 1. The molecule has 1 aliphatic rings. The van der Waals surface area contributed by atoms with E-state index >= 15 is 0 Å². The van der Waals surface area contributed by atoms with Gasteiger partial charge in [-0.3, -0.25) is 9.48 Å². The Morgan fingerprint density at radius 2 is 2.20 bits per heavy atom. The Morgan fingerprint density at radius 1 is 1.40 bits per heavy atom. The van der Waals surface area contributed by atoms with Gasteiger partial charge in [0.25, 0.3) is 5.91 Å². The van der Waals surface area contributed by atoms with E-state index in [1.54, 1.807) is 13.2 Å². The summed E-state index contributed by atoms with van der Waals surface area (Å²) >= 11 is 0. The van der Waals surface area contributed by atoms with Crippen molar-refractivity contribution >= 4 is 17.4 Å². The lowest BCUT2D eigenvalue weighted by Gasteiger charge is -2.29. The molecule has 2 aromatic rings. The predicted molar refractivity (Wildman–Crippen MR) is 78.8 cm³/mol. The van der Waals surface area contributed by atoms with Crippen LogP contribution >= 0.6 is 0 Å². The van der Waals surface area contributed by atoms with Crippen molar-refractivity contribution in [2.75, 3.05) is 17.2 Å². The third kappa shape index (κ3) is 1.95. The number of amides is 1. The van der Waals surface area contributed by atoms with E-state index in [4.69, 9.17) is 5.73 Å². The van der Waals surface area contributed by atoms with Gasteiger partial charge in [-0.1, -0.05) is 17.7 Å². The van der Waals surface area contributed by atoms with Crippen molar-refractivity contribution in [1.29, 1.82) is 0 Å². The molecule has 2 N–H and O–H groups in total. The van der Waals surface area contributed by atoms with Gasteiger partial charge in [-0.2, -0.15) is 5.10 Å². The number of nitrogen functional groups attached to an aromatic ring is 1. The van der Waals surface area contributed by atoms with Crippen LogP contribution in [0.25, 0.3) is 0 Å². The van der Waals surface area contributed by atoms with Crippen molar-refractivity contribution in [3.63, 3.8) is 0 Å². The first-order valence-electron chi connectivity index (χ1n) is 6.77. The molecule has 1 aromatic heterocycles. The van der Waals surface area contributed by atoms with Crippen LogP contribution in [-0.4, -0.2) is 22.2 Å². The molecule has 0 atom stereocenters. The Balaban J connectivity index is 2.00. The summed E-state index contributed by atoms with van der Waals surface area (Å²) in [5, 5.41) is 4.05. The lowest BCUT2D eigenvalue weighted by molar-refractivity contribution is 0.0986. The summed E-state index contributed by atoms with van der Waals surface area (Å²) in [6.45, 7) is 2.80. The van der Waals surface area contributed by atoms with Crippen molar-refractivity contribution in [3.8, 4) is 0 Å². The first kappa shape index (κ1) is 12.7. The van der Waals surface area contributed by atoms with Gasteiger partial charge in [0.1, 0.15) is 11.4 Å². The van der Waals surface area contributed by atoms with Crippen molar-refractivity contribution in [3.05, 3.63) is 41.1 Å². The first-order valence-corrected chi connectivity index (χ1v) is 6.77. The number of anilines is 2. The highest BCUT2D eigenvalue weighted by atomic mass is 16.2. The van der Waals surface area contributed by atoms with E-state index in [9.17, 15) is 4.79 Å². The Bertz CT molecular complexity index is 675. The quantitative estimate of drug-likeness (QED) is 0.860. The number of hydrogen-bond acceptors (Lipinski definition) is 3. The molecule has 0 saturated heterocycles. The van der Waals surface area contributed by atoms with Crippen LogP contribution in [0.1, 0.15) is 27.9 Å². The summed E-state index contributed by atoms with van der Waals surface area (Å²) in [6, 6.07) is 6.21. The molecule has 5 nitrogen and oxygen atoms in total. The minimum Gasteiger partial charge on any atom is -0.383 e. The van der Waals surface area contributed by atoms with E-state index in [1.165, 1.54) is 15.8 Å². The van der Waals surface area contributed by atoms with Gasteiger partial charge in [0.15, 0.2) is 0 Å². The average molecular weight is 270 g/mol. The van der Waals surface area contributed by atoms with Crippen molar-refractivity contribution in [2.45, 2.75) is 19.8 Å². The van der Waals surface area contributed by atoms with Crippen molar-refractivity contribution in [1.82, 2.24) is 9.78 Å². The molecule has 5 heteroatoms. The zero-order chi connectivity index (χ0) is 14.3. The fourth-order valence-corrected chi connectivity index (χ4v) is 2.69. The molecule has 1 aliphatic heterocycles. The van der Waals surface area contributed by atoms with E-state index in [0.717, 1.165) is 25.1 Å². The highest BCUT2D eigenvalue weighted by Crippen LogP contribution is 2.29. The van der Waals surface area contributed by atoms with Gasteiger partial charge < -0.3 is 10.6 Å². The SMILES string of the molecule is Cc1ccc2c(c1)CCCN2C(=O)c1cnn(C)c1N. The molecule has 20 heavy (non-hydrogen) atoms. The molecule has 0 radical (unpaired) electrons. The minimum absolute atomic E-state index is 0.0691. The third-order valence-corrected chi connectivity index (χ3v) is 3.81. The molecule has 0 aliphatic carbocycles. The smallest absolute Gasteiger partial charge is 0.263 e. The van der Waals surface area contributed by atoms with Crippen LogP contribution < -0.4 is 10.6 Å². The number of nitrogens with two attached hydrogens (primary N) is 1. The lowest BCUT2D eigenvalue weighted by Crippen LogP contribution is -2.35. The molecule has 0 bridgehead atoms. The van der Waals surface area contributed by atoms with Gasteiger partial charge in [-0.25, -0.2) is 0 Å². The molecule has 0 saturated carbocycles. The number of benzene rings is 1. The summed E-state index contributed by atoms with van der Waals surface area (Å²) < 4.78 is 1.52. The molecule has 104 valence electrons. The zero-order valence-electron chi connectivity index (χ0n) is 11.8. The maximum atomic E-state index is 12.7. The van der Waals surface area contributed by atoms with Crippen molar-refractivity contribution < 1.29 is 4.79 Å². The van der Waals surface area contributed by atoms with Gasteiger partial charge in [-0.05, 0) is 31.4 Å². The largest absolute Gasteiger partial charge is 0.383 e. The van der Waals surface area contributed by atoms with Crippen LogP contribution in [0.3, 0.4) is 0 Å². The topological polar surface area (TPSA) is 64.2 Å². The standard InChI is InChI=1S/C15H18N4O/c1-10-5-6-13-11(8-10)4-3-7-19(13)15(20)12-9-17-18(2)14(12)16/h5-6,8-9H,3-4,7,16H2,1-2H3. The lowest BCUT2D eigenvalue weighted by atomic mass is 9.99. The summed E-state index contributed by atoms with van der Waals surface area (Å²) in [7, 11) is 1.74. The Morgan fingerprint density at radius 3 is 2.90 bits per heavy atom. The van der Waals surface area contributed by atoms with E-state index in [2.05, 4.69) is 18.1 Å². The normalized spacial score (nSPS) is 14.2. The first-order chi connectivity index (χ1) is 9.58.